The van der Waals surface area contributed by atoms with E-state index in [2.05, 4.69) is 15.5 Å². The molecule has 0 radical (unpaired) electrons. The highest BCUT2D eigenvalue weighted by molar-refractivity contribution is 6.33. The van der Waals surface area contributed by atoms with Gasteiger partial charge in [-0.1, -0.05) is 17.7 Å². The second kappa shape index (κ2) is 4.23. The minimum absolute atomic E-state index is 0.624. The fourth-order valence-corrected chi connectivity index (χ4v) is 1.54. The van der Waals surface area contributed by atoms with Crippen LogP contribution in [-0.2, 0) is 6.54 Å². The zero-order chi connectivity index (χ0) is 10.7. The number of hydrogen-bond acceptors (Lipinski definition) is 3. The molecule has 78 valence electrons. The van der Waals surface area contributed by atoms with E-state index in [1.54, 1.807) is 12.3 Å². The number of rotatable bonds is 3. The van der Waals surface area contributed by atoms with Gasteiger partial charge in [-0.05, 0) is 12.1 Å². The lowest BCUT2D eigenvalue weighted by molar-refractivity contribution is 1.09. The Hall–Kier alpha value is -1.68. The molecule has 0 saturated carbocycles. The van der Waals surface area contributed by atoms with Gasteiger partial charge in [-0.15, -0.1) is 0 Å². The van der Waals surface area contributed by atoms with Gasteiger partial charge in [0.05, 0.1) is 22.6 Å². The average molecular weight is 223 g/mol. The first-order valence-corrected chi connectivity index (χ1v) is 4.90. The van der Waals surface area contributed by atoms with Crippen molar-refractivity contribution in [1.82, 2.24) is 10.2 Å². The third-order valence-corrected chi connectivity index (χ3v) is 2.38. The summed E-state index contributed by atoms with van der Waals surface area (Å²) in [5, 5.41) is 10.4. The van der Waals surface area contributed by atoms with Crippen LogP contribution in [0.1, 0.15) is 5.56 Å². The quantitative estimate of drug-likeness (QED) is 0.698. The largest absolute Gasteiger partial charge is 0.397 e. The summed E-state index contributed by atoms with van der Waals surface area (Å²) in [5.74, 6) is 0. The fourth-order valence-electron chi connectivity index (χ4n) is 1.29. The van der Waals surface area contributed by atoms with E-state index >= 15 is 0 Å². The van der Waals surface area contributed by atoms with Crippen molar-refractivity contribution in [1.29, 1.82) is 0 Å². The molecule has 1 aromatic carbocycles. The van der Waals surface area contributed by atoms with E-state index in [1.807, 2.05) is 18.3 Å². The van der Waals surface area contributed by atoms with Crippen LogP contribution in [0.15, 0.2) is 30.6 Å². The second-order valence-corrected chi connectivity index (χ2v) is 3.57. The third-order valence-electron chi connectivity index (χ3n) is 2.07. The van der Waals surface area contributed by atoms with Gasteiger partial charge in [0.15, 0.2) is 0 Å². The van der Waals surface area contributed by atoms with Crippen LogP contribution in [0, 0.1) is 0 Å². The Kier molecular flexibility index (Phi) is 2.78. The van der Waals surface area contributed by atoms with Crippen molar-refractivity contribution in [2.45, 2.75) is 6.54 Å². The Morgan fingerprint density at radius 3 is 3.00 bits per heavy atom. The van der Waals surface area contributed by atoms with E-state index in [0.29, 0.717) is 17.3 Å². The normalized spacial score (nSPS) is 10.2. The molecule has 4 N–H and O–H groups in total. The van der Waals surface area contributed by atoms with Gasteiger partial charge in [0.1, 0.15) is 0 Å². The smallest absolute Gasteiger partial charge is 0.0765 e. The van der Waals surface area contributed by atoms with Crippen molar-refractivity contribution in [2.24, 2.45) is 0 Å². The van der Waals surface area contributed by atoms with Crippen molar-refractivity contribution in [3.05, 3.63) is 41.2 Å². The molecule has 0 aliphatic carbocycles. The third kappa shape index (κ3) is 2.22. The van der Waals surface area contributed by atoms with Crippen LogP contribution < -0.4 is 11.1 Å². The summed E-state index contributed by atoms with van der Waals surface area (Å²) in [6, 6.07) is 5.43. The van der Waals surface area contributed by atoms with Crippen LogP contribution in [0.4, 0.5) is 11.4 Å². The van der Waals surface area contributed by atoms with Crippen LogP contribution in [0.25, 0.3) is 0 Å². The minimum atomic E-state index is 0.624. The van der Waals surface area contributed by atoms with Crippen LogP contribution in [0.3, 0.4) is 0 Å². The Morgan fingerprint density at radius 2 is 2.33 bits per heavy atom. The fraction of sp³-hybridized carbons (Fsp3) is 0.100. The summed E-state index contributed by atoms with van der Waals surface area (Å²) < 4.78 is 0. The number of nitrogen functional groups attached to an aromatic ring is 1. The molecule has 0 amide bonds. The molecule has 0 fully saturated rings. The van der Waals surface area contributed by atoms with Gasteiger partial charge in [0.25, 0.3) is 0 Å². The van der Waals surface area contributed by atoms with Gasteiger partial charge in [-0.3, -0.25) is 5.10 Å². The lowest BCUT2D eigenvalue weighted by atomic mass is 10.2. The van der Waals surface area contributed by atoms with Crippen LogP contribution in [0.5, 0.6) is 0 Å². The lowest BCUT2D eigenvalue weighted by Gasteiger charge is -2.09. The van der Waals surface area contributed by atoms with E-state index in [1.165, 1.54) is 0 Å². The number of nitrogens with two attached hydrogens (primary N) is 1. The zero-order valence-corrected chi connectivity index (χ0v) is 8.75. The number of nitrogens with zero attached hydrogens (tertiary/aromatic N) is 1. The number of aromatic amines is 1. The zero-order valence-electron chi connectivity index (χ0n) is 8.00. The predicted octanol–water partition coefficient (Wildman–Crippen LogP) is 2.26. The summed E-state index contributed by atoms with van der Waals surface area (Å²) >= 11 is 6.00. The monoisotopic (exact) mass is 222 g/mol. The molecule has 0 bridgehead atoms. The first kappa shape index (κ1) is 9.86. The molecule has 0 aliphatic heterocycles. The second-order valence-electron chi connectivity index (χ2n) is 3.16. The first-order valence-electron chi connectivity index (χ1n) is 4.53. The van der Waals surface area contributed by atoms with E-state index in [-0.39, 0.29) is 0 Å². The lowest BCUT2D eigenvalue weighted by Crippen LogP contribution is -2.02. The number of benzene rings is 1. The first-order chi connectivity index (χ1) is 7.27. The Labute approximate surface area is 92.4 Å². The van der Waals surface area contributed by atoms with Gasteiger partial charge in [0.2, 0.25) is 0 Å². The molecule has 4 nitrogen and oxygen atoms in total. The highest BCUT2D eigenvalue weighted by Gasteiger charge is 2.03. The number of hydrogen-bond donors (Lipinski definition) is 3. The Morgan fingerprint density at radius 1 is 1.47 bits per heavy atom. The number of halogens is 1. The van der Waals surface area contributed by atoms with Gasteiger partial charge in [-0.2, -0.15) is 5.10 Å². The molecular formula is C10H11ClN4. The molecule has 15 heavy (non-hydrogen) atoms. The number of nitrogens with one attached hydrogen (secondary N) is 2. The van der Waals surface area contributed by atoms with Crippen molar-refractivity contribution < 1.29 is 0 Å². The highest BCUT2D eigenvalue weighted by Crippen LogP contribution is 2.28. The summed E-state index contributed by atoms with van der Waals surface area (Å²) in [6.07, 6.45) is 3.57. The molecular weight excluding hydrogens is 212 g/mol. The van der Waals surface area contributed by atoms with E-state index < -0.39 is 0 Å². The van der Waals surface area contributed by atoms with Gasteiger partial charge in [-0.25, -0.2) is 0 Å². The number of anilines is 2. The Bertz CT molecular complexity index is 418. The molecule has 2 rings (SSSR count). The highest BCUT2D eigenvalue weighted by atomic mass is 35.5. The Balaban J connectivity index is 2.11. The van der Waals surface area contributed by atoms with Crippen molar-refractivity contribution in [3.63, 3.8) is 0 Å². The van der Waals surface area contributed by atoms with E-state index in [9.17, 15) is 0 Å². The maximum atomic E-state index is 6.00. The van der Waals surface area contributed by atoms with Crippen LogP contribution in [-0.4, -0.2) is 10.2 Å². The molecule has 0 unspecified atom stereocenters. The van der Waals surface area contributed by atoms with Gasteiger partial charge < -0.3 is 11.1 Å². The summed E-state index contributed by atoms with van der Waals surface area (Å²) in [4.78, 5) is 0. The van der Waals surface area contributed by atoms with E-state index in [0.717, 1.165) is 11.3 Å². The molecule has 2 aromatic rings. The maximum Gasteiger partial charge on any atom is 0.0765 e. The average Bonchev–Trinajstić information content (AvgIpc) is 2.70. The summed E-state index contributed by atoms with van der Waals surface area (Å²) in [5.41, 5.74) is 8.25. The topological polar surface area (TPSA) is 66.7 Å². The summed E-state index contributed by atoms with van der Waals surface area (Å²) in [6.45, 7) is 0.643. The van der Waals surface area contributed by atoms with Crippen molar-refractivity contribution in [3.8, 4) is 0 Å². The molecule has 1 aromatic heterocycles. The predicted molar refractivity (Wildman–Crippen MR) is 61.8 cm³/mol. The van der Waals surface area contributed by atoms with Gasteiger partial charge >= 0.3 is 0 Å². The van der Waals surface area contributed by atoms with Gasteiger partial charge in [0, 0.05) is 18.3 Å². The molecule has 0 saturated heterocycles. The van der Waals surface area contributed by atoms with Crippen LogP contribution in [0.2, 0.25) is 5.02 Å². The molecule has 0 spiro atoms. The SMILES string of the molecule is Nc1cccc(Cl)c1NCc1cn[nH]c1. The number of aromatic nitrogens is 2. The van der Waals surface area contributed by atoms with Crippen molar-refractivity contribution >= 4 is 23.0 Å². The molecule has 0 atom stereocenters. The number of H-pyrrole nitrogens is 1. The maximum absolute atomic E-state index is 6.00. The summed E-state index contributed by atoms with van der Waals surface area (Å²) in [7, 11) is 0. The minimum Gasteiger partial charge on any atom is -0.397 e. The molecule has 1 heterocycles. The molecule has 0 aliphatic rings. The standard InChI is InChI=1S/C10H11ClN4/c11-8-2-1-3-9(12)10(8)13-4-7-5-14-15-6-7/h1-3,5-6,13H,4,12H2,(H,14,15). The van der Waals surface area contributed by atoms with Crippen LogP contribution >= 0.6 is 11.6 Å². The molecule has 5 heteroatoms. The van der Waals surface area contributed by atoms with E-state index in [4.69, 9.17) is 17.3 Å². The van der Waals surface area contributed by atoms with Crippen molar-refractivity contribution in [2.75, 3.05) is 11.1 Å². The number of para-hydroxylation sites is 1.